The molecule has 0 spiro atoms. The number of unbranched alkanes of at least 4 members (excludes halogenated alkanes) is 18. The number of benzene rings is 2. The van der Waals surface area contributed by atoms with E-state index in [0.29, 0.717) is 11.5 Å². The van der Waals surface area contributed by atoms with Gasteiger partial charge >= 0.3 is 316 Å². The number of carbonyl (C=O) groups excluding carboxylic acids is 2. The fraction of sp³-hybridized carbons (Fsp3) is 0.667. The van der Waals surface area contributed by atoms with Gasteiger partial charge in [-0.2, -0.15) is 0 Å². The van der Waals surface area contributed by atoms with Crippen molar-refractivity contribution in [2.45, 2.75) is 163 Å². The van der Waals surface area contributed by atoms with Gasteiger partial charge in [-0.25, -0.2) is 0 Å². The van der Waals surface area contributed by atoms with Crippen molar-refractivity contribution in [2.24, 2.45) is 0 Å². The second-order valence-corrected chi connectivity index (χ2v) is 24.9. The molecule has 2 aromatic carbocycles. The number of carbonyl (C=O) groups is 2. The van der Waals surface area contributed by atoms with Crippen LogP contribution in [0.15, 0.2) is 60.7 Å². The first kappa shape index (κ1) is 44.0. The predicted octanol–water partition coefficient (Wildman–Crippen LogP) is 13.2. The number of hydrogen-bond donors (Lipinski definition) is 0. The number of rotatable bonds is 32. The third-order valence-corrected chi connectivity index (χ3v) is 20.8. The third kappa shape index (κ3) is 23.9. The van der Waals surface area contributed by atoms with E-state index in [1.807, 2.05) is 36.4 Å². The van der Waals surface area contributed by atoms with Crippen molar-refractivity contribution < 1.29 is 15.7 Å². The SMILES string of the molecule is CCCCCCCCCCC[CH2][Sn]([CH2]CCCCCCCCCCC)([O]C(=O)CSCc1ccccc1)[O]C(=O)CSCc1ccccc1. The molecule has 0 amide bonds. The van der Waals surface area contributed by atoms with Crippen molar-refractivity contribution in [3.63, 3.8) is 0 Å². The van der Waals surface area contributed by atoms with Gasteiger partial charge in [0.15, 0.2) is 0 Å². The molecular weight excluding hydrogens is 751 g/mol. The van der Waals surface area contributed by atoms with Crippen LogP contribution in [0.25, 0.3) is 0 Å². The molecule has 0 atom stereocenters. The Hall–Kier alpha value is -1.12. The summed E-state index contributed by atoms with van der Waals surface area (Å²) in [7, 11) is 0. The minimum absolute atomic E-state index is 0.194. The van der Waals surface area contributed by atoms with Crippen molar-refractivity contribution in [3.8, 4) is 0 Å². The third-order valence-electron chi connectivity index (χ3n) is 9.09. The molecule has 0 aromatic heterocycles. The van der Waals surface area contributed by atoms with E-state index in [0.717, 1.165) is 46.1 Å². The summed E-state index contributed by atoms with van der Waals surface area (Å²) in [6.07, 6.45) is 25.1. The maximum absolute atomic E-state index is 13.4. The molecule has 276 valence electrons. The average Bonchev–Trinajstić information content (AvgIpc) is 3.11. The summed E-state index contributed by atoms with van der Waals surface area (Å²) in [5, 5.41) is 0. The van der Waals surface area contributed by atoms with Crippen LogP contribution in [-0.2, 0) is 27.2 Å². The summed E-state index contributed by atoms with van der Waals surface area (Å²) in [4.78, 5) is 26.8. The molecule has 0 aliphatic carbocycles. The van der Waals surface area contributed by atoms with Gasteiger partial charge in [-0.3, -0.25) is 0 Å². The van der Waals surface area contributed by atoms with Gasteiger partial charge in [0, 0.05) is 0 Å². The van der Waals surface area contributed by atoms with E-state index in [4.69, 9.17) is 6.15 Å². The van der Waals surface area contributed by atoms with Crippen LogP contribution in [0, 0.1) is 0 Å². The summed E-state index contributed by atoms with van der Waals surface area (Å²) in [5.74, 6) is 1.74. The molecule has 0 saturated carbocycles. The molecular formula is C42H68O4S2Sn. The molecule has 2 rings (SSSR count). The first-order chi connectivity index (χ1) is 24.1. The Labute approximate surface area is 314 Å². The first-order valence-corrected chi connectivity index (χ1v) is 28.4. The van der Waals surface area contributed by atoms with Crippen LogP contribution >= 0.6 is 23.5 Å². The van der Waals surface area contributed by atoms with Crippen LogP contribution in [0.4, 0.5) is 0 Å². The Kier molecular flexibility index (Phi) is 27.4. The van der Waals surface area contributed by atoms with Crippen molar-refractivity contribution in [2.75, 3.05) is 11.5 Å². The Morgan fingerprint density at radius 3 is 1.10 bits per heavy atom. The average molecular weight is 820 g/mol. The van der Waals surface area contributed by atoms with Crippen molar-refractivity contribution in [3.05, 3.63) is 71.8 Å². The molecule has 0 bridgehead atoms. The topological polar surface area (TPSA) is 52.6 Å². The van der Waals surface area contributed by atoms with E-state index in [-0.39, 0.29) is 11.9 Å². The zero-order valence-corrected chi connectivity index (χ0v) is 35.6. The zero-order valence-electron chi connectivity index (χ0n) is 31.1. The summed E-state index contributed by atoms with van der Waals surface area (Å²) in [6.45, 7) is 4.53. The van der Waals surface area contributed by atoms with Gasteiger partial charge in [0.25, 0.3) is 0 Å². The van der Waals surface area contributed by atoms with Crippen LogP contribution in [0.1, 0.15) is 153 Å². The van der Waals surface area contributed by atoms with Crippen molar-refractivity contribution in [1.29, 1.82) is 0 Å². The van der Waals surface area contributed by atoms with Gasteiger partial charge in [0.05, 0.1) is 0 Å². The molecule has 7 heteroatoms. The molecule has 0 N–H and O–H groups in total. The summed E-state index contributed by atoms with van der Waals surface area (Å²) in [6, 6.07) is 20.5. The maximum atomic E-state index is 13.4. The molecule has 2 aromatic rings. The van der Waals surface area contributed by atoms with Crippen LogP contribution in [0.2, 0.25) is 8.87 Å². The molecule has 0 heterocycles. The van der Waals surface area contributed by atoms with Crippen LogP contribution < -0.4 is 0 Å². The molecule has 0 unspecified atom stereocenters. The zero-order chi connectivity index (χ0) is 35.1. The van der Waals surface area contributed by atoms with E-state index < -0.39 is 19.2 Å². The van der Waals surface area contributed by atoms with Gasteiger partial charge in [-0.1, -0.05) is 0 Å². The quantitative estimate of drug-likeness (QED) is 0.0541. The van der Waals surface area contributed by atoms with Crippen LogP contribution in [0.5, 0.6) is 0 Å². The molecule has 0 aliphatic heterocycles. The van der Waals surface area contributed by atoms with Crippen molar-refractivity contribution >= 4 is 54.7 Å². The Bertz CT molecular complexity index is 983. The molecule has 0 saturated heterocycles. The van der Waals surface area contributed by atoms with Crippen LogP contribution in [0.3, 0.4) is 0 Å². The van der Waals surface area contributed by atoms with Gasteiger partial charge in [0.2, 0.25) is 0 Å². The molecule has 0 radical (unpaired) electrons. The molecule has 0 fully saturated rings. The van der Waals surface area contributed by atoms with Crippen molar-refractivity contribution in [1.82, 2.24) is 0 Å². The standard InChI is InChI=1S/2C12H25.2C9H10O2S.Sn/c2*1-3-5-7-9-11-12-10-8-6-4-2;2*10-9(11)7-12-6-8-4-2-1-3-5-8;/h2*1,3-12H2,2H3;2*1-5H,6-7H2,(H,10,11);/q;;;;+2/p-2. The predicted molar refractivity (Wildman–Crippen MR) is 216 cm³/mol. The fourth-order valence-corrected chi connectivity index (χ4v) is 17.6. The van der Waals surface area contributed by atoms with Gasteiger partial charge < -0.3 is 0 Å². The summed E-state index contributed by atoms with van der Waals surface area (Å²) in [5.41, 5.74) is 2.40. The van der Waals surface area contributed by atoms with Gasteiger partial charge in [-0.05, 0) is 0 Å². The summed E-state index contributed by atoms with van der Waals surface area (Å²) < 4.78 is 14.5. The second-order valence-electron chi connectivity index (χ2n) is 13.7. The van der Waals surface area contributed by atoms with Gasteiger partial charge in [0.1, 0.15) is 0 Å². The normalized spacial score (nSPS) is 11.5. The molecule has 4 nitrogen and oxygen atoms in total. The number of hydrogen-bond acceptors (Lipinski definition) is 6. The minimum atomic E-state index is -4.06. The van der Waals surface area contributed by atoms with E-state index in [9.17, 15) is 9.59 Å². The fourth-order valence-electron chi connectivity index (χ4n) is 6.24. The van der Waals surface area contributed by atoms with E-state index in [1.54, 1.807) is 23.5 Å². The van der Waals surface area contributed by atoms with E-state index in [1.165, 1.54) is 114 Å². The summed E-state index contributed by atoms with van der Waals surface area (Å²) >= 11 is -0.883. The molecule has 49 heavy (non-hydrogen) atoms. The second kappa shape index (κ2) is 30.5. The molecule has 0 aliphatic rings. The Morgan fingerprint density at radius 1 is 0.469 bits per heavy atom. The van der Waals surface area contributed by atoms with E-state index in [2.05, 4.69) is 38.1 Å². The first-order valence-electron chi connectivity index (χ1n) is 19.7. The number of thioether (sulfide) groups is 2. The Balaban J connectivity index is 1.98. The monoisotopic (exact) mass is 820 g/mol. The van der Waals surface area contributed by atoms with Crippen LogP contribution in [-0.4, -0.2) is 42.6 Å². The Morgan fingerprint density at radius 2 is 0.776 bits per heavy atom. The van der Waals surface area contributed by atoms with E-state index >= 15 is 0 Å². The van der Waals surface area contributed by atoms with Gasteiger partial charge in [-0.15, -0.1) is 0 Å².